The summed E-state index contributed by atoms with van der Waals surface area (Å²) in [5.74, 6) is -6.54. The zero-order chi connectivity index (χ0) is 45.0. The number of aliphatic hydroxyl groups excluding tert-OH is 3. The first-order valence-electron chi connectivity index (χ1n) is 19.8. The van der Waals surface area contributed by atoms with Crippen molar-refractivity contribution in [2.75, 3.05) is 40.3 Å². The van der Waals surface area contributed by atoms with Crippen LogP contribution in [-0.4, -0.2) is 108 Å². The molecule has 9 atom stereocenters. The van der Waals surface area contributed by atoms with Crippen molar-refractivity contribution in [2.45, 2.75) is 85.6 Å². The molecule has 1 amide bonds. The van der Waals surface area contributed by atoms with Crippen LogP contribution in [0, 0.1) is 41.0 Å². The number of piperazine rings is 1. The summed E-state index contributed by atoms with van der Waals surface area (Å²) in [5, 5.41) is 34.1. The molecule has 60 heavy (non-hydrogen) atoms. The van der Waals surface area contributed by atoms with Crippen LogP contribution in [0.1, 0.15) is 54.0 Å². The first-order valence-corrected chi connectivity index (χ1v) is 19.8. The minimum atomic E-state index is -2.02. The molecule has 328 valence electrons. The van der Waals surface area contributed by atoms with Crippen molar-refractivity contribution in [3.63, 3.8) is 0 Å². The zero-order valence-corrected chi connectivity index (χ0v) is 35.8. The monoisotopic (exact) mass is 838 g/mol. The molecule has 0 unspecified atom stereocenters. The number of ether oxygens (including phenoxy) is 4. The van der Waals surface area contributed by atoms with E-state index in [1.54, 1.807) is 51.8 Å². The molecule has 1 fully saturated rings. The molecule has 0 aromatic heterocycles. The maximum absolute atomic E-state index is 13.9. The summed E-state index contributed by atoms with van der Waals surface area (Å²) in [6.07, 6.45) is 4.60. The molecular formula is C43H58N4O13. The second-order valence-electron chi connectivity index (χ2n) is 16.0. The van der Waals surface area contributed by atoms with Gasteiger partial charge in [0, 0.05) is 88.1 Å². The molecule has 0 radical (unpaired) electrons. The number of hydrazine groups is 1. The average Bonchev–Trinajstić information content (AvgIpc) is 3.47. The number of aliphatic hydroxyl groups is 3. The standard InChI is InChI=1S/C43H58N4O13/c1-21(12-11-13-22(2)42(44)56)33(49)24(4)34(50)25(5)39(59-27(7)48)23(3)29(57-10)14-19-58-43(8)41(55)32-30-31(35(51)26(6)40(32)60-43)38(54)37(53)28(36(30)52)20-45-47-17-15-46(9)16-18-47/h11-14,19-21,23-25,29,33-34,39,45,49-50,55H,15-18H2,1-10H3,(H2,44,56)/b12-11+,19-14+,22-13+,28-20+/t21-,23+,24+,25+,29-,33-,34+,39+,43-/m0/s1. The summed E-state index contributed by atoms with van der Waals surface area (Å²) in [6, 6.07) is 0. The average molecular weight is 839 g/mol. The van der Waals surface area contributed by atoms with Gasteiger partial charge in [-0.1, -0.05) is 45.9 Å². The summed E-state index contributed by atoms with van der Waals surface area (Å²) < 4.78 is 23.4. The Labute approximate surface area is 347 Å². The van der Waals surface area contributed by atoms with Crippen molar-refractivity contribution >= 4 is 23.8 Å². The molecule has 0 spiro atoms. The Morgan fingerprint density at radius 2 is 1.52 bits per heavy atom. The first kappa shape index (κ1) is 47.5. The Morgan fingerprint density at radius 1 is 0.883 bits per heavy atom. The largest absolute Gasteiger partial charge is 0.505 e. The Kier molecular flexibility index (Phi) is 15.4. The Balaban J connectivity index is 1.64. The van der Waals surface area contributed by atoms with Gasteiger partial charge in [0.2, 0.25) is 16.8 Å². The van der Waals surface area contributed by atoms with Crippen molar-refractivity contribution < 1.29 is 43.9 Å². The van der Waals surface area contributed by atoms with Gasteiger partial charge in [-0.25, -0.2) is 5.01 Å². The predicted octanol–water partition coefficient (Wildman–Crippen LogP) is -0.968. The fourth-order valence-corrected chi connectivity index (χ4v) is 7.59. The van der Waals surface area contributed by atoms with Crippen LogP contribution in [0.5, 0.6) is 5.75 Å². The topological polar surface area (TPSA) is 245 Å². The summed E-state index contributed by atoms with van der Waals surface area (Å²) >= 11 is 0. The highest BCUT2D eigenvalue weighted by Crippen LogP contribution is 2.33. The van der Waals surface area contributed by atoms with Gasteiger partial charge in [-0.2, -0.15) is 0 Å². The van der Waals surface area contributed by atoms with Crippen LogP contribution in [0.2, 0.25) is 0 Å². The molecule has 1 saturated heterocycles. The van der Waals surface area contributed by atoms with Crippen molar-refractivity contribution in [2.24, 2.45) is 29.4 Å². The van der Waals surface area contributed by atoms with E-state index in [-0.39, 0.29) is 16.5 Å². The molecule has 17 heteroatoms. The molecule has 2 aliphatic carbocycles. The molecule has 2 aliphatic heterocycles. The van der Waals surface area contributed by atoms with Gasteiger partial charge in [-0.3, -0.25) is 28.8 Å². The van der Waals surface area contributed by atoms with Crippen LogP contribution in [0.3, 0.4) is 0 Å². The van der Waals surface area contributed by atoms with Crippen molar-refractivity contribution in [3.05, 3.63) is 103 Å². The van der Waals surface area contributed by atoms with Gasteiger partial charge in [0.25, 0.3) is 0 Å². The third kappa shape index (κ3) is 9.87. The second kappa shape index (κ2) is 19.5. The maximum Gasteiger partial charge on any atom is 0.307 e. The number of nitrogens with zero attached hydrogens (tertiary/aromatic N) is 2. The molecule has 4 aliphatic rings. The number of methoxy groups -OCH3 is 1. The number of nitrogens with one attached hydrogen (secondary N) is 1. The number of hydrogen-bond acceptors (Lipinski definition) is 16. The van der Waals surface area contributed by atoms with Crippen LogP contribution < -0.4 is 48.0 Å². The number of allylic oxidation sites excluding steroid dienone is 2. The number of primary amides is 1. The third-order valence-electron chi connectivity index (χ3n) is 11.6. The number of hydrogen-bond donors (Lipinski definition) is 5. The van der Waals surface area contributed by atoms with Gasteiger partial charge in [0.05, 0.1) is 45.4 Å². The van der Waals surface area contributed by atoms with Gasteiger partial charge < -0.3 is 50.3 Å². The number of nitrogens with two attached hydrogens (primary N) is 1. The fraction of sp³-hybridized carbons (Fsp3) is 0.535. The van der Waals surface area contributed by atoms with E-state index in [0.29, 0.717) is 18.7 Å². The van der Waals surface area contributed by atoms with Crippen LogP contribution >= 0.6 is 0 Å². The molecule has 4 rings (SSSR count). The summed E-state index contributed by atoms with van der Waals surface area (Å²) in [6.45, 7) is 14.9. The smallest absolute Gasteiger partial charge is 0.307 e. The van der Waals surface area contributed by atoms with Crippen LogP contribution in [0.25, 0.3) is 12.0 Å². The number of carbonyl (C=O) groups excluding carboxylic acids is 2. The van der Waals surface area contributed by atoms with Crippen LogP contribution in [0.15, 0.2) is 55.3 Å². The van der Waals surface area contributed by atoms with E-state index in [2.05, 4.69) is 10.3 Å². The van der Waals surface area contributed by atoms with E-state index in [4.69, 9.17) is 24.7 Å². The highest BCUT2D eigenvalue weighted by Gasteiger charge is 2.43. The third-order valence-corrected chi connectivity index (χ3v) is 11.6. The van der Waals surface area contributed by atoms with E-state index in [1.807, 2.05) is 7.05 Å². The lowest BCUT2D eigenvalue weighted by Gasteiger charge is -2.38. The van der Waals surface area contributed by atoms with Gasteiger partial charge in [-0.15, -0.1) is 0 Å². The number of fused-ring (bicyclic) bond motifs is 2. The van der Waals surface area contributed by atoms with Crippen LogP contribution in [0.4, 0.5) is 0 Å². The number of carbonyl (C=O) groups is 2. The quantitative estimate of drug-likeness (QED) is 0.0423. The maximum atomic E-state index is 13.9. The van der Waals surface area contributed by atoms with Gasteiger partial charge in [-0.05, 0) is 27.0 Å². The van der Waals surface area contributed by atoms with Crippen molar-refractivity contribution in [1.82, 2.24) is 15.3 Å². The lowest BCUT2D eigenvalue weighted by atomic mass is 9.78. The molecular weight excluding hydrogens is 780 g/mol. The fourth-order valence-electron chi connectivity index (χ4n) is 7.59. The molecule has 0 aromatic carbocycles. The van der Waals surface area contributed by atoms with Gasteiger partial charge >= 0.3 is 11.8 Å². The van der Waals surface area contributed by atoms with Gasteiger partial charge in [0.15, 0.2) is 16.6 Å². The van der Waals surface area contributed by atoms with E-state index >= 15 is 0 Å². The summed E-state index contributed by atoms with van der Waals surface area (Å²) in [5.41, 5.74) is 4.22. The van der Waals surface area contributed by atoms with Crippen molar-refractivity contribution in [3.8, 4) is 5.75 Å². The van der Waals surface area contributed by atoms with Crippen molar-refractivity contribution in [1.29, 1.82) is 0 Å². The SMILES string of the molecule is CO[C@@H](/C=C/O[C@@]1(C)Oc2c(C)c(=O)c3c(=O)c(=O)/c(=C/NN4CCN(C)CC4)c(=O)c=3c2=C1O)[C@@H](C)[C@@H](OC(C)=O)[C@H](C)[C@H](O)[C@H](C)[C@@H](O)[C@@H](C)/C=C/C=C(\C)C(N)=O. The minimum Gasteiger partial charge on any atom is -0.505 e. The molecule has 2 heterocycles. The van der Waals surface area contributed by atoms with Crippen LogP contribution in [-0.2, 0) is 23.8 Å². The van der Waals surface area contributed by atoms with E-state index < -0.39 is 109 Å². The van der Waals surface area contributed by atoms with E-state index in [9.17, 15) is 44.1 Å². The summed E-state index contributed by atoms with van der Waals surface area (Å²) in [7, 11) is 3.36. The lowest BCUT2D eigenvalue weighted by Crippen LogP contribution is -2.54. The molecule has 6 N–H and O–H groups in total. The molecule has 17 nitrogen and oxygen atoms in total. The first-order chi connectivity index (χ1) is 28.1. The molecule has 0 aromatic rings. The molecule has 0 bridgehead atoms. The highest BCUT2D eigenvalue weighted by molar-refractivity contribution is 5.91. The normalized spacial score (nSPS) is 22.2. The lowest BCUT2D eigenvalue weighted by molar-refractivity contribution is -0.160. The zero-order valence-electron chi connectivity index (χ0n) is 35.8. The summed E-state index contributed by atoms with van der Waals surface area (Å²) in [4.78, 5) is 79.7. The predicted molar refractivity (Wildman–Crippen MR) is 222 cm³/mol. The number of esters is 1. The van der Waals surface area contributed by atoms with Gasteiger partial charge in [0.1, 0.15) is 11.9 Å². The van der Waals surface area contributed by atoms with E-state index in [1.165, 1.54) is 40.0 Å². The van der Waals surface area contributed by atoms with E-state index in [0.717, 1.165) is 25.6 Å². The Bertz CT molecular complexity index is 2430. The number of rotatable bonds is 17. The minimum absolute atomic E-state index is 0.122. The number of likely N-dealkylation sites (N-methyl/N-ethyl adjacent to an activating group) is 1. The Hall–Kier alpha value is -5.20. The second-order valence-corrected chi connectivity index (χ2v) is 16.0. The Morgan fingerprint density at radius 3 is 2.10 bits per heavy atom. The number of amides is 1. The highest BCUT2D eigenvalue weighted by atomic mass is 16.7. The molecule has 0 saturated carbocycles.